The number of ether oxygens (including phenoxy) is 2. The first-order chi connectivity index (χ1) is 16.6. The minimum absolute atomic E-state index is 0.00471. The summed E-state index contributed by atoms with van der Waals surface area (Å²) in [4.78, 5) is 12.8. The molecule has 1 aromatic carbocycles. The first kappa shape index (κ1) is 26.5. The van der Waals surface area contributed by atoms with Gasteiger partial charge in [-0.3, -0.25) is 9.48 Å². The standard InChI is InChI=1S/C29H39N3O3/c1-8-32-26(19(2)20(3)31-32)27(34-21(4)35-28(33)23-12-10-9-11-13-23)25(18-30)22-14-16-24(17-15-22)29(5,6)7/h14-17,21,23H,8-13H2,1-7H3/b27-25-. The number of esters is 1. The van der Waals surface area contributed by atoms with E-state index in [0.717, 1.165) is 48.2 Å². The Kier molecular flexibility index (Phi) is 8.43. The Labute approximate surface area is 209 Å². The Bertz CT molecular complexity index is 1110. The lowest BCUT2D eigenvalue weighted by molar-refractivity contribution is -0.170. The Morgan fingerprint density at radius 3 is 2.31 bits per heavy atom. The molecule has 3 rings (SSSR count). The highest BCUT2D eigenvalue weighted by atomic mass is 16.7. The van der Waals surface area contributed by atoms with E-state index in [9.17, 15) is 10.1 Å². The van der Waals surface area contributed by atoms with Crippen LogP contribution in [0.15, 0.2) is 24.3 Å². The van der Waals surface area contributed by atoms with E-state index >= 15 is 0 Å². The van der Waals surface area contributed by atoms with Gasteiger partial charge in [-0.2, -0.15) is 10.4 Å². The van der Waals surface area contributed by atoms with Crippen LogP contribution in [0.25, 0.3) is 11.3 Å². The van der Waals surface area contributed by atoms with Gasteiger partial charge in [-0.05, 0) is 50.2 Å². The summed E-state index contributed by atoms with van der Waals surface area (Å²) >= 11 is 0. The second-order valence-electron chi connectivity index (χ2n) is 10.5. The van der Waals surface area contributed by atoms with Gasteiger partial charge in [0, 0.05) is 19.0 Å². The van der Waals surface area contributed by atoms with Crippen molar-refractivity contribution in [1.82, 2.24) is 9.78 Å². The van der Waals surface area contributed by atoms with Crippen molar-refractivity contribution in [2.75, 3.05) is 0 Å². The van der Waals surface area contributed by atoms with Crippen LogP contribution >= 0.6 is 0 Å². The molecule has 1 saturated carbocycles. The fraction of sp³-hybridized carbons (Fsp3) is 0.552. The van der Waals surface area contributed by atoms with Crippen LogP contribution in [-0.2, 0) is 26.2 Å². The molecule has 6 heteroatoms. The van der Waals surface area contributed by atoms with Gasteiger partial charge in [0.05, 0.1) is 11.6 Å². The molecule has 1 aliphatic rings. The number of nitrogens with zero attached hydrogens (tertiary/aromatic N) is 3. The number of aryl methyl sites for hydroxylation is 2. The lowest BCUT2D eigenvalue weighted by atomic mass is 9.86. The van der Waals surface area contributed by atoms with Crippen LogP contribution in [0.2, 0.25) is 0 Å². The minimum Gasteiger partial charge on any atom is -0.451 e. The number of rotatable bonds is 7. The van der Waals surface area contributed by atoms with Gasteiger partial charge in [-0.15, -0.1) is 0 Å². The van der Waals surface area contributed by atoms with Crippen LogP contribution in [0.4, 0.5) is 0 Å². The molecule has 188 valence electrons. The number of carbonyl (C=O) groups is 1. The zero-order valence-corrected chi connectivity index (χ0v) is 22.3. The SMILES string of the molecule is CCn1nc(C)c(C)c1/C(OC(C)OC(=O)C1CCCCC1)=C(\C#N)c1ccc(C(C)(C)C)cc1. The molecule has 35 heavy (non-hydrogen) atoms. The molecular weight excluding hydrogens is 438 g/mol. The largest absolute Gasteiger partial charge is 0.451 e. The second-order valence-corrected chi connectivity index (χ2v) is 10.5. The van der Waals surface area contributed by atoms with Gasteiger partial charge in [-0.1, -0.05) is 64.3 Å². The van der Waals surface area contributed by atoms with Gasteiger partial charge in [-0.25, -0.2) is 0 Å². The molecule has 0 amide bonds. The lowest BCUT2D eigenvalue weighted by Crippen LogP contribution is -2.26. The van der Waals surface area contributed by atoms with Gasteiger partial charge >= 0.3 is 5.97 Å². The van der Waals surface area contributed by atoms with Crippen molar-refractivity contribution in [1.29, 1.82) is 5.26 Å². The average Bonchev–Trinajstić information content (AvgIpc) is 3.12. The monoisotopic (exact) mass is 477 g/mol. The van der Waals surface area contributed by atoms with Crippen LogP contribution in [-0.4, -0.2) is 22.0 Å². The van der Waals surface area contributed by atoms with Gasteiger partial charge in [0.15, 0.2) is 5.76 Å². The Balaban J connectivity index is 2.03. The zero-order chi connectivity index (χ0) is 25.8. The Morgan fingerprint density at radius 2 is 1.77 bits per heavy atom. The summed E-state index contributed by atoms with van der Waals surface area (Å²) in [6.07, 6.45) is 4.16. The third kappa shape index (κ3) is 6.14. The highest BCUT2D eigenvalue weighted by Gasteiger charge is 2.28. The molecule has 0 N–H and O–H groups in total. The number of hydrogen-bond donors (Lipinski definition) is 0. The molecule has 0 radical (unpaired) electrons. The summed E-state index contributed by atoms with van der Waals surface area (Å²) in [5.41, 5.74) is 4.88. The average molecular weight is 478 g/mol. The van der Waals surface area contributed by atoms with Crippen molar-refractivity contribution in [2.45, 2.75) is 98.8 Å². The van der Waals surface area contributed by atoms with Gasteiger partial charge in [0.2, 0.25) is 6.29 Å². The molecule has 1 unspecified atom stereocenters. The summed E-state index contributed by atoms with van der Waals surface area (Å²) in [7, 11) is 0. The highest BCUT2D eigenvalue weighted by molar-refractivity contribution is 5.94. The van der Waals surface area contributed by atoms with E-state index in [2.05, 4.69) is 31.9 Å². The van der Waals surface area contributed by atoms with E-state index in [1.807, 2.05) is 49.7 Å². The number of nitriles is 1. The lowest BCUT2D eigenvalue weighted by Gasteiger charge is -2.24. The quantitative estimate of drug-likeness (QED) is 0.192. The molecule has 0 saturated heterocycles. The zero-order valence-electron chi connectivity index (χ0n) is 22.3. The van der Waals surface area contributed by atoms with E-state index in [-0.39, 0.29) is 17.3 Å². The predicted octanol–water partition coefficient (Wildman–Crippen LogP) is 6.70. The summed E-state index contributed by atoms with van der Waals surface area (Å²) < 4.78 is 13.9. The normalized spacial score (nSPS) is 16.3. The Morgan fingerprint density at radius 1 is 1.14 bits per heavy atom. The van der Waals surface area contributed by atoms with E-state index in [4.69, 9.17) is 9.47 Å². The number of carbonyl (C=O) groups excluding carboxylic acids is 1. The van der Waals surface area contributed by atoms with Crippen molar-refractivity contribution in [3.05, 3.63) is 52.3 Å². The first-order valence-corrected chi connectivity index (χ1v) is 12.7. The van der Waals surface area contributed by atoms with Crippen LogP contribution in [0, 0.1) is 31.1 Å². The number of allylic oxidation sites excluding steroid dienone is 1. The summed E-state index contributed by atoms with van der Waals surface area (Å²) in [6, 6.07) is 10.4. The van der Waals surface area contributed by atoms with Crippen LogP contribution in [0.3, 0.4) is 0 Å². The second kappa shape index (κ2) is 11.1. The molecule has 1 fully saturated rings. The molecule has 1 heterocycles. The summed E-state index contributed by atoms with van der Waals surface area (Å²) in [5, 5.41) is 14.9. The maximum atomic E-state index is 12.8. The molecule has 1 aromatic heterocycles. The van der Waals surface area contributed by atoms with Gasteiger partial charge in [0.25, 0.3) is 0 Å². The number of hydrogen-bond acceptors (Lipinski definition) is 5. The summed E-state index contributed by atoms with van der Waals surface area (Å²) in [6.45, 7) is 14.7. The summed E-state index contributed by atoms with van der Waals surface area (Å²) in [5.74, 6) is 0.0918. The molecule has 0 aliphatic heterocycles. The van der Waals surface area contributed by atoms with Crippen LogP contribution < -0.4 is 0 Å². The third-order valence-corrected chi connectivity index (χ3v) is 6.82. The fourth-order valence-corrected chi connectivity index (χ4v) is 4.59. The Hall–Kier alpha value is -3.07. The molecule has 1 aliphatic carbocycles. The molecule has 6 nitrogen and oxygen atoms in total. The van der Waals surface area contributed by atoms with Crippen molar-refractivity contribution >= 4 is 17.3 Å². The fourth-order valence-electron chi connectivity index (χ4n) is 4.59. The number of aromatic nitrogens is 2. The highest BCUT2D eigenvalue weighted by Crippen LogP contribution is 2.33. The van der Waals surface area contributed by atoms with Crippen molar-refractivity contribution < 1.29 is 14.3 Å². The van der Waals surface area contributed by atoms with E-state index in [1.165, 1.54) is 12.0 Å². The van der Waals surface area contributed by atoms with Crippen LogP contribution in [0.1, 0.15) is 94.8 Å². The smallest absolute Gasteiger partial charge is 0.311 e. The molecule has 2 aromatic rings. The van der Waals surface area contributed by atoms with Crippen molar-refractivity contribution in [2.24, 2.45) is 5.92 Å². The van der Waals surface area contributed by atoms with Crippen molar-refractivity contribution in [3.8, 4) is 6.07 Å². The molecule has 0 spiro atoms. The number of benzene rings is 1. The first-order valence-electron chi connectivity index (χ1n) is 12.7. The topological polar surface area (TPSA) is 77.1 Å². The van der Waals surface area contributed by atoms with Crippen molar-refractivity contribution in [3.63, 3.8) is 0 Å². The van der Waals surface area contributed by atoms with Gasteiger partial charge < -0.3 is 9.47 Å². The molecular formula is C29H39N3O3. The minimum atomic E-state index is -0.837. The van der Waals surface area contributed by atoms with E-state index < -0.39 is 6.29 Å². The van der Waals surface area contributed by atoms with E-state index in [1.54, 1.807) is 6.92 Å². The van der Waals surface area contributed by atoms with E-state index in [0.29, 0.717) is 17.9 Å². The molecule has 1 atom stereocenters. The predicted molar refractivity (Wildman–Crippen MR) is 138 cm³/mol. The maximum Gasteiger partial charge on any atom is 0.311 e. The molecule has 0 bridgehead atoms. The van der Waals surface area contributed by atoms with Crippen LogP contribution in [0.5, 0.6) is 0 Å². The maximum absolute atomic E-state index is 12.8. The third-order valence-electron chi connectivity index (χ3n) is 6.82. The van der Waals surface area contributed by atoms with Gasteiger partial charge in [0.1, 0.15) is 17.3 Å².